The number of hydrogen-bond donors (Lipinski definition) is 10. The van der Waals surface area contributed by atoms with Gasteiger partial charge in [-0.2, -0.15) is 0 Å². The summed E-state index contributed by atoms with van der Waals surface area (Å²) in [5.41, 5.74) is 0. The monoisotopic (exact) mass is 488 g/mol. The van der Waals surface area contributed by atoms with E-state index in [1.54, 1.807) is 0 Å². The predicted octanol–water partition coefficient (Wildman–Crippen LogP) is -6.55. The van der Waals surface area contributed by atoms with E-state index in [4.69, 9.17) is 23.7 Å². The lowest BCUT2D eigenvalue weighted by atomic mass is 9.96. The van der Waals surface area contributed by atoms with Crippen molar-refractivity contribution in [2.45, 2.75) is 99.0 Å². The van der Waals surface area contributed by atoms with Crippen LogP contribution in [0.4, 0.5) is 0 Å². The molecule has 0 aromatic rings. The average Bonchev–Trinajstić information content (AvgIpc) is 2.80. The van der Waals surface area contributed by atoms with Crippen molar-refractivity contribution in [3.63, 3.8) is 0 Å². The van der Waals surface area contributed by atoms with Gasteiger partial charge in [0.05, 0.1) is 19.3 Å². The maximum absolute atomic E-state index is 10.6. The highest BCUT2D eigenvalue weighted by Gasteiger charge is 2.53. The first-order valence-corrected chi connectivity index (χ1v) is 10.4. The molecule has 15 atom stereocenters. The minimum absolute atomic E-state index is 0.760. The fraction of sp³-hybridized carbons (Fsp3) is 1.00. The van der Waals surface area contributed by atoms with Crippen LogP contribution in [-0.4, -0.2) is 156 Å². The first-order chi connectivity index (χ1) is 15.5. The normalized spacial score (nSPS) is 53.7. The molecule has 0 aromatic heterocycles. The standard InChI is InChI=1S/C18H32O15/c1-4-7(21)9(23)13(27)17(29-4)33-15-10(24)8(22)5(2-19)31-18(15)32-14-6(3-20)30-16(28)12(26)11(14)25/h4-28H,2-3H2,1H3/t4?,5?,6?,7-,8+,9+,10+,11-,12?,13?,14-,15?,16-,17+,18+/m1/s1. The van der Waals surface area contributed by atoms with E-state index in [2.05, 4.69) is 0 Å². The summed E-state index contributed by atoms with van der Waals surface area (Å²) in [5.74, 6) is 0. The topological polar surface area (TPSA) is 248 Å². The molecular weight excluding hydrogens is 456 g/mol. The molecule has 0 radical (unpaired) electrons. The van der Waals surface area contributed by atoms with E-state index in [1.807, 2.05) is 0 Å². The van der Waals surface area contributed by atoms with Crippen LogP contribution in [0.25, 0.3) is 0 Å². The van der Waals surface area contributed by atoms with Crippen molar-refractivity contribution in [2.75, 3.05) is 13.2 Å². The highest BCUT2D eigenvalue weighted by atomic mass is 16.8. The van der Waals surface area contributed by atoms with Crippen LogP contribution in [0.2, 0.25) is 0 Å². The molecule has 15 heteroatoms. The molecule has 0 spiro atoms. The zero-order valence-electron chi connectivity index (χ0n) is 17.6. The molecule has 3 rings (SSSR count). The number of hydrogen-bond acceptors (Lipinski definition) is 15. The third-order valence-electron chi connectivity index (χ3n) is 6.05. The molecular formula is C18H32O15. The Kier molecular flexibility index (Phi) is 8.99. The van der Waals surface area contributed by atoms with Crippen molar-refractivity contribution in [1.82, 2.24) is 0 Å². The molecule has 15 nitrogen and oxygen atoms in total. The van der Waals surface area contributed by atoms with E-state index < -0.39 is 105 Å². The van der Waals surface area contributed by atoms with Gasteiger partial charge in [-0.25, -0.2) is 0 Å². The summed E-state index contributed by atoms with van der Waals surface area (Å²) in [7, 11) is 0. The van der Waals surface area contributed by atoms with Gasteiger partial charge >= 0.3 is 0 Å². The largest absolute Gasteiger partial charge is 0.394 e. The third-order valence-corrected chi connectivity index (χ3v) is 6.05. The second-order valence-corrected chi connectivity index (χ2v) is 8.32. The molecule has 0 bridgehead atoms. The molecule has 33 heavy (non-hydrogen) atoms. The van der Waals surface area contributed by atoms with Gasteiger partial charge < -0.3 is 74.7 Å². The van der Waals surface area contributed by atoms with Crippen LogP contribution in [0.15, 0.2) is 0 Å². The van der Waals surface area contributed by atoms with Gasteiger partial charge in [-0.3, -0.25) is 0 Å². The van der Waals surface area contributed by atoms with Crippen LogP contribution in [0.3, 0.4) is 0 Å². The van der Waals surface area contributed by atoms with Gasteiger partial charge in [0.25, 0.3) is 0 Å². The molecule has 194 valence electrons. The Balaban J connectivity index is 1.83. The van der Waals surface area contributed by atoms with Crippen molar-refractivity contribution >= 4 is 0 Å². The van der Waals surface area contributed by atoms with Gasteiger partial charge in [-0.1, -0.05) is 0 Å². The molecule has 10 N–H and O–H groups in total. The quantitative estimate of drug-likeness (QED) is 0.167. The number of aliphatic hydroxyl groups is 10. The van der Waals surface area contributed by atoms with Gasteiger partial charge in [0.1, 0.15) is 67.1 Å². The fourth-order valence-electron chi connectivity index (χ4n) is 3.98. The summed E-state index contributed by atoms with van der Waals surface area (Å²) in [6, 6.07) is 0. The van der Waals surface area contributed by atoms with E-state index >= 15 is 0 Å². The molecule has 6 unspecified atom stereocenters. The molecule has 3 aliphatic rings. The highest BCUT2D eigenvalue weighted by Crippen LogP contribution is 2.32. The molecule has 3 saturated heterocycles. The van der Waals surface area contributed by atoms with Crippen molar-refractivity contribution in [1.29, 1.82) is 0 Å². The summed E-state index contributed by atoms with van der Waals surface area (Å²) in [4.78, 5) is 0. The van der Waals surface area contributed by atoms with E-state index in [0.717, 1.165) is 0 Å². The summed E-state index contributed by atoms with van der Waals surface area (Å²) < 4.78 is 26.9. The van der Waals surface area contributed by atoms with E-state index in [9.17, 15) is 51.1 Å². The summed E-state index contributed by atoms with van der Waals surface area (Å²) in [6.45, 7) is -0.128. The molecule has 0 amide bonds. The second kappa shape index (κ2) is 11.0. The summed E-state index contributed by atoms with van der Waals surface area (Å²) in [5, 5.41) is 99.8. The first-order valence-electron chi connectivity index (χ1n) is 10.4. The number of rotatable bonds is 6. The number of ether oxygens (including phenoxy) is 5. The molecule has 0 saturated carbocycles. The van der Waals surface area contributed by atoms with Crippen LogP contribution >= 0.6 is 0 Å². The highest BCUT2D eigenvalue weighted by molar-refractivity contribution is 4.95. The lowest BCUT2D eigenvalue weighted by Crippen LogP contribution is -2.66. The minimum Gasteiger partial charge on any atom is -0.394 e. The Hall–Kier alpha value is -0.600. The predicted molar refractivity (Wildman–Crippen MR) is 99.8 cm³/mol. The van der Waals surface area contributed by atoms with Crippen LogP contribution in [0.1, 0.15) is 6.92 Å². The van der Waals surface area contributed by atoms with Gasteiger partial charge in [0.2, 0.25) is 0 Å². The van der Waals surface area contributed by atoms with E-state index in [0.29, 0.717) is 0 Å². The van der Waals surface area contributed by atoms with Gasteiger partial charge in [-0.15, -0.1) is 0 Å². The molecule has 3 aliphatic heterocycles. The van der Waals surface area contributed by atoms with Crippen LogP contribution in [-0.2, 0) is 23.7 Å². The fourth-order valence-corrected chi connectivity index (χ4v) is 3.98. The Morgan fingerprint density at radius 2 is 1.12 bits per heavy atom. The van der Waals surface area contributed by atoms with Crippen LogP contribution < -0.4 is 0 Å². The molecule has 0 aliphatic carbocycles. The van der Waals surface area contributed by atoms with Crippen molar-refractivity contribution in [3.05, 3.63) is 0 Å². The Morgan fingerprint density at radius 1 is 0.545 bits per heavy atom. The first kappa shape index (κ1) is 27.0. The van der Waals surface area contributed by atoms with Crippen molar-refractivity contribution in [2.24, 2.45) is 0 Å². The van der Waals surface area contributed by atoms with Gasteiger partial charge in [0, 0.05) is 0 Å². The average molecular weight is 488 g/mol. The Bertz CT molecular complexity index is 624. The maximum Gasteiger partial charge on any atom is 0.187 e. The smallest absolute Gasteiger partial charge is 0.187 e. The van der Waals surface area contributed by atoms with Crippen molar-refractivity contribution in [3.8, 4) is 0 Å². The zero-order valence-corrected chi connectivity index (χ0v) is 17.6. The SMILES string of the molecule is CC1O[C@@H](OC2[C@H](O[C@@H]3C(CO)O[C@@H](O)C(O)[C@H]3O)OC(CO)[C@H](O)[C@@H]2O)C(O)[C@@H](O)[C@@H]1O. The second-order valence-electron chi connectivity index (χ2n) is 8.32. The van der Waals surface area contributed by atoms with Crippen molar-refractivity contribution < 1.29 is 74.7 Å². The zero-order chi connectivity index (χ0) is 24.6. The number of aliphatic hydroxyl groups excluding tert-OH is 10. The van der Waals surface area contributed by atoms with E-state index in [1.165, 1.54) is 6.92 Å². The molecule has 3 fully saturated rings. The Morgan fingerprint density at radius 3 is 1.73 bits per heavy atom. The van der Waals surface area contributed by atoms with Gasteiger partial charge in [-0.05, 0) is 6.92 Å². The molecule has 3 heterocycles. The third kappa shape index (κ3) is 5.32. The van der Waals surface area contributed by atoms with Gasteiger partial charge in [0.15, 0.2) is 18.9 Å². The molecule has 0 aromatic carbocycles. The lowest BCUT2D eigenvalue weighted by Gasteiger charge is -2.48. The minimum atomic E-state index is -1.83. The van der Waals surface area contributed by atoms with E-state index in [-0.39, 0.29) is 0 Å². The summed E-state index contributed by atoms with van der Waals surface area (Å²) >= 11 is 0. The maximum atomic E-state index is 10.6. The van der Waals surface area contributed by atoms with Crippen LogP contribution in [0, 0.1) is 0 Å². The lowest BCUT2D eigenvalue weighted by molar-refractivity contribution is -0.385. The Labute approximate surface area is 187 Å². The van der Waals surface area contributed by atoms with Crippen LogP contribution in [0.5, 0.6) is 0 Å². The summed E-state index contributed by atoms with van der Waals surface area (Å²) in [6.07, 6.45) is -24.1.